The molecule has 0 bridgehead atoms. The third kappa shape index (κ3) is 4.10. The zero-order valence-electron chi connectivity index (χ0n) is 14.4. The van der Waals surface area contributed by atoms with Gasteiger partial charge in [-0.05, 0) is 17.5 Å². The molecule has 0 aliphatic carbocycles. The maximum Gasteiger partial charge on any atom is 0.137 e. The number of hydrogen-bond donors (Lipinski definition) is 1. The largest absolute Gasteiger partial charge is 0.391 e. The van der Waals surface area contributed by atoms with Crippen molar-refractivity contribution in [1.29, 1.82) is 0 Å². The minimum Gasteiger partial charge on any atom is -0.391 e. The van der Waals surface area contributed by atoms with Crippen LogP contribution in [0.4, 0.5) is 0 Å². The van der Waals surface area contributed by atoms with E-state index in [2.05, 4.69) is 46.2 Å². The Morgan fingerprint density at radius 2 is 1.83 bits per heavy atom. The quantitative estimate of drug-likeness (QED) is 0.935. The molecule has 0 saturated carbocycles. The van der Waals surface area contributed by atoms with Crippen molar-refractivity contribution in [2.75, 3.05) is 32.7 Å². The van der Waals surface area contributed by atoms with Crippen molar-refractivity contribution >= 4 is 5.65 Å². The van der Waals surface area contributed by atoms with Gasteiger partial charge >= 0.3 is 0 Å². The van der Waals surface area contributed by atoms with Crippen LogP contribution >= 0.6 is 0 Å². The number of piperazine rings is 1. The topological polar surface area (TPSA) is 44.0 Å². The number of fused-ring (bicyclic) bond motifs is 1. The number of nitrogens with zero attached hydrogens (tertiary/aromatic N) is 4. The van der Waals surface area contributed by atoms with Gasteiger partial charge in [-0.15, -0.1) is 0 Å². The van der Waals surface area contributed by atoms with E-state index in [1.807, 2.05) is 24.4 Å². The molecule has 5 nitrogen and oxygen atoms in total. The summed E-state index contributed by atoms with van der Waals surface area (Å²) in [5.41, 5.74) is 2.09. The zero-order chi connectivity index (χ0) is 16.4. The number of aromatic nitrogens is 2. The van der Waals surface area contributed by atoms with Crippen LogP contribution in [0.25, 0.3) is 5.65 Å². The highest BCUT2D eigenvalue weighted by Crippen LogP contribution is 2.20. The Labute approximate surface area is 138 Å². The Balaban J connectivity index is 1.51. The molecule has 23 heavy (non-hydrogen) atoms. The molecule has 3 rings (SSSR count). The molecule has 0 radical (unpaired) electrons. The first-order chi connectivity index (χ1) is 10.9. The molecule has 1 saturated heterocycles. The number of aliphatic hydroxyl groups is 1. The molecule has 0 amide bonds. The molecular formula is C18H28N4O. The van der Waals surface area contributed by atoms with Gasteiger partial charge in [-0.25, -0.2) is 4.98 Å². The fraction of sp³-hybridized carbons (Fsp3) is 0.611. The molecular weight excluding hydrogens is 288 g/mol. The lowest BCUT2D eigenvalue weighted by molar-refractivity contribution is 0.0124. The van der Waals surface area contributed by atoms with Crippen LogP contribution in [-0.2, 0) is 6.54 Å². The minimum atomic E-state index is -0.271. The van der Waals surface area contributed by atoms with Crippen LogP contribution in [0.3, 0.4) is 0 Å². The molecule has 1 N–H and O–H groups in total. The van der Waals surface area contributed by atoms with Gasteiger partial charge < -0.3 is 9.51 Å². The van der Waals surface area contributed by atoms with Crippen LogP contribution in [0.1, 0.15) is 26.5 Å². The minimum absolute atomic E-state index is 0.0479. The molecule has 0 spiro atoms. The summed E-state index contributed by atoms with van der Waals surface area (Å²) in [7, 11) is 0. The summed E-state index contributed by atoms with van der Waals surface area (Å²) >= 11 is 0. The summed E-state index contributed by atoms with van der Waals surface area (Å²) in [5, 5.41) is 10.3. The van der Waals surface area contributed by atoms with Crippen LogP contribution in [0.5, 0.6) is 0 Å². The summed E-state index contributed by atoms with van der Waals surface area (Å²) in [6.07, 6.45) is 3.88. The number of aliphatic hydroxyl groups excluding tert-OH is 1. The third-order valence-corrected chi connectivity index (χ3v) is 4.70. The van der Waals surface area contributed by atoms with Crippen molar-refractivity contribution in [2.45, 2.75) is 33.4 Å². The zero-order valence-corrected chi connectivity index (χ0v) is 14.4. The molecule has 3 heterocycles. The summed E-state index contributed by atoms with van der Waals surface area (Å²) in [6, 6.07) is 6.08. The first-order valence-electron chi connectivity index (χ1n) is 8.47. The third-order valence-electron chi connectivity index (χ3n) is 4.70. The molecule has 1 fully saturated rings. The van der Waals surface area contributed by atoms with Gasteiger partial charge in [-0.1, -0.05) is 26.8 Å². The van der Waals surface area contributed by atoms with E-state index in [1.165, 1.54) is 0 Å². The maximum absolute atomic E-state index is 10.3. The van der Waals surface area contributed by atoms with Crippen LogP contribution < -0.4 is 0 Å². The highest BCUT2D eigenvalue weighted by molar-refractivity contribution is 5.39. The van der Waals surface area contributed by atoms with E-state index in [0.29, 0.717) is 0 Å². The van der Waals surface area contributed by atoms with Gasteiger partial charge in [0.1, 0.15) is 5.65 Å². The van der Waals surface area contributed by atoms with Crippen LogP contribution in [0.15, 0.2) is 30.6 Å². The average molecular weight is 316 g/mol. The fourth-order valence-electron chi connectivity index (χ4n) is 2.94. The van der Waals surface area contributed by atoms with Crippen molar-refractivity contribution in [1.82, 2.24) is 19.2 Å². The lowest BCUT2D eigenvalue weighted by Gasteiger charge is -2.37. The van der Waals surface area contributed by atoms with Crippen LogP contribution in [-0.4, -0.2) is 63.1 Å². The predicted molar refractivity (Wildman–Crippen MR) is 92.4 cm³/mol. The molecule has 126 valence electrons. The summed E-state index contributed by atoms with van der Waals surface area (Å²) in [4.78, 5) is 9.49. The Kier molecular flexibility index (Phi) is 4.71. The maximum atomic E-state index is 10.3. The molecule has 2 aromatic rings. The highest BCUT2D eigenvalue weighted by atomic mass is 16.3. The average Bonchev–Trinajstić information content (AvgIpc) is 2.90. The number of pyridine rings is 1. The Hall–Kier alpha value is -1.43. The predicted octanol–water partition coefficient (Wildman–Crippen LogP) is 1.86. The van der Waals surface area contributed by atoms with Gasteiger partial charge in [0, 0.05) is 51.7 Å². The van der Waals surface area contributed by atoms with Gasteiger partial charge in [0.25, 0.3) is 0 Å². The standard InChI is InChI=1S/C18H28N4O/c1-18(2,3)16(23)14-21-10-8-20(9-11-21)12-15-13-22-7-5-4-6-17(22)19-15/h4-7,13,16,23H,8-12,14H2,1-3H3/t16-/m0/s1. The van der Waals surface area contributed by atoms with E-state index in [-0.39, 0.29) is 11.5 Å². The molecule has 5 heteroatoms. The highest BCUT2D eigenvalue weighted by Gasteiger charge is 2.26. The number of β-amino-alcohol motifs (C(OH)–C–C–N with tert-alkyl or cyclic N) is 1. The van der Waals surface area contributed by atoms with Crippen molar-refractivity contribution in [2.24, 2.45) is 5.41 Å². The van der Waals surface area contributed by atoms with E-state index in [0.717, 1.165) is 50.6 Å². The molecule has 2 aromatic heterocycles. The Morgan fingerprint density at radius 1 is 1.13 bits per heavy atom. The SMILES string of the molecule is CC(C)(C)[C@@H](O)CN1CCN(Cc2cn3ccccc3n2)CC1. The molecule has 0 aromatic carbocycles. The number of hydrogen-bond acceptors (Lipinski definition) is 4. The van der Waals surface area contributed by atoms with Gasteiger partial charge in [0.2, 0.25) is 0 Å². The van der Waals surface area contributed by atoms with Crippen molar-refractivity contribution < 1.29 is 5.11 Å². The smallest absolute Gasteiger partial charge is 0.137 e. The first kappa shape index (κ1) is 16.4. The van der Waals surface area contributed by atoms with Gasteiger partial charge in [0.05, 0.1) is 11.8 Å². The van der Waals surface area contributed by atoms with Crippen LogP contribution in [0.2, 0.25) is 0 Å². The fourth-order valence-corrected chi connectivity index (χ4v) is 2.94. The second kappa shape index (κ2) is 6.59. The summed E-state index contributed by atoms with van der Waals surface area (Å²) in [6.45, 7) is 12.0. The van der Waals surface area contributed by atoms with Gasteiger partial charge in [0.15, 0.2) is 0 Å². The summed E-state index contributed by atoms with van der Waals surface area (Å²) in [5.74, 6) is 0. The second-order valence-electron chi connectivity index (χ2n) is 7.66. The van der Waals surface area contributed by atoms with Crippen LogP contribution in [0, 0.1) is 5.41 Å². The van der Waals surface area contributed by atoms with E-state index in [4.69, 9.17) is 0 Å². The normalized spacial score (nSPS) is 19.3. The second-order valence-corrected chi connectivity index (χ2v) is 7.66. The Morgan fingerprint density at radius 3 is 2.48 bits per heavy atom. The van der Waals surface area contributed by atoms with Gasteiger partial charge in [-0.2, -0.15) is 0 Å². The lowest BCUT2D eigenvalue weighted by atomic mass is 9.89. The monoisotopic (exact) mass is 316 g/mol. The van der Waals surface area contributed by atoms with Crippen molar-refractivity contribution in [3.63, 3.8) is 0 Å². The van der Waals surface area contributed by atoms with Crippen molar-refractivity contribution in [3.8, 4) is 0 Å². The van der Waals surface area contributed by atoms with E-state index >= 15 is 0 Å². The lowest BCUT2D eigenvalue weighted by Crippen LogP contribution is -2.49. The Bertz CT molecular complexity index is 605. The number of rotatable bonds is 4. The van der Waals surface area contributed by atoms with E-state index in [9.17, 15) is 5.11 Å². The molecule has 1 aliphatic heterocycles. The first-order valence-corrected chi connectivity index (χ1v) is 8.47. The molecule has 1 atom stereocenters. The summed E-state index contributed by atoms with van der Waals surface area (Å²) < 4.78 is 2.07. The van der Waals surface area contributed by atoms with E-state index in [1.54, 1.807) is 0 Å². The van der Waals surface area contributed by atoms with E-state index < -0.39 is 0 Å². The van der Waals surface area contributed by atoms with Gasteiger partial charge in [-0.3, -0.25) is 9.80 Å². The molecule has 1 aliphatic rings. The molecule has 0 unspecified atom stereocenters. The van der Waals surface area contributed by atoms with Crippen molar-refractivity contribution in [3.05, 3.63) is 36.3 Å². The number of imidazole rings is 1.